The molecule has 3 aromatic rings. The van der Waals surface area contributed by atoms with Crippen molar-refractivity contribution in [2.75, 3.05) is 16.8 Å². The Kier molecular flexibility index (Phi) is 6.41. The van der Waals surface area contributed by atoms with Crippen molar-refractivity contribution in [2.45, 2.75) is 36.3 Å². The van der Waals surface area contributed by atoms with E-state index < -0.39 is 10.0 Å². The highest BCUT2D eigenvalue weighted by Crippen LogP contribution is 2.35. The van der Waals surface area contributed by atoms with E-state index in [0.717, 1.165) is 25.4 Å². The second-order valence-corrected chi connectivity index (χ2v) is 12.3. The van der Waals surface area contributed by atoms with E-state index in [2.05, 4.69) is 22.8 Å². The first kappa shape index (κ1) is 24.0. The Morgan fingerprint density at radius 3 is 2.63 bits per heavy atom. The molecule has 35 heavy (non-hydrogen) atoms. The van der Waals surface area contributed by atoms with Gasteiger partial charge in [-0.25, -0.2) is 12.1 Å². The molecule has 8 nitrogen and oxygen atoms in total. The van der Waals surface area contributed by atoms with Crippen LogP contribution in [0.2, 0.25) is 0 Å². The monoisotopic (exact) mass is 528 g/mol. The van der Waals surface area contributed by atoms with Crippen molar-refractivity contribution in [3.05, 3.63) is 59.8 Å². The van der Waals surface area contributed by atoms with E-state index in [1.807, 2.05) is 25.1 Å². The van der Waals surface area contributed by atoms with Crippen LogP contribution in [0.4, 0.5) is 5.69 Å². The highest BCUT2D eigenvalue weighted by Gasteiger charge is 2.31. The summed E-state index contributed by atoms with van der Waals surface area (Å²) in [6, 6.07) is 14.1. The number of hydrogen-bond donors (Lipinski definition) is 2. The molecular formula is C24H24N4O4S3. The number of sulfonamides is 1. The first-order valence-corrected chi connectivity index (χ1v) is 13.9. The molecule has 0 saturated carbocycles. The molecule has 11 heteroatoms. The zero-order chi connectivity index (χ0) is 24.7. The lowest BCUT2D eigenvalue weighted by atomic mass is 10.2. The number of thioether (sulfide) groups is 1. The van der Waals surface area contributed by atoms with E-state index in [1.54, 1.807) is 42.1 Å². The fraction of sp³-hybridized carbons (Fsp3) is 0.292. The summed E-state index contributed by atoms with van der Waals surface area (Å²) < 4.78 is 27.4. The maximum atomic E-state index is 13.2. The number of aromatic nitrogens is 1. The standard InChI is InChI=1S/C24H24N4O4S3/c1-15-4-2-6-18(12-15)35(31,32)28(33)20-7-3-5-16-13-19(26-23(16)20)24-25-14-17(34-24)10-11-27-21(29)8-9-22(27)30/h2-7,12-13,17,26,33H,8-11,14H2,1H3. The summed E-state index contributed by atoms with van der Waals surface area (Å²) in [6.45, 7) is 2.85. The lowest BCUT2D eigenvalue weighted by molar-refractivity contribution is -0.138. The van der Waals surface area contributed by atoms with Gasteiger partial charge in [0, 0.05) is 30.0 Å². The minimum atomic E-state index is -3.87. The molecule has 1 fully saturated rings. The van der Waals surface area contributed by atoms with Crippen molar-refractivity contribution in [3.63, 3.8) is 0 Å². The molecule has 0 radical (unpaired) electrons. The Morgan fingerprint density at radius 2 is 1.89 bits per heavy atom. The van der Waals surface area contributed by atoms with Crippen LogP contribution >= 0.6 is 24.6 Å². The summed E-state index contributed by atoms with van der Waals surface area (Å²) in [7, 11) is -3.87. The van der Waals surface area contributed by atoms with Crippen LogP contribution in [-0.2, 0) is 19.6 Å². The van der Waals surface area contributed by atoms with Crippen LogP contribution in [0.1, 0.15) is 30.5 Å². The van der Waals surface area contributed by atoms with E-state index in [0.29, 0.717) is 43.6 Å². The van der Waals surface area contributed by atoms with Crippen molar-refractivity contribution in [3.8, 4) is 0 Å². The van der Waals surface area contributed by atoms with Crippen molar-refractivity contribution in [1.82, 2.24) is 9.88 Å². The molecule has 0 aliphatic carbocycles. The molecule has 2 aliphatic rings. The molecule has 2 amide bonds. The van der Waals surface area contributed by atoms with Gasteiger partial charge in [-0.3, -0.25) is 19.5 Å². The number of para-hydroxylation sites is 1. The third-order valence-electron chi connectivity index (χ3n) is 6.13. The zero-order valence-electron chi connectivity index (χ0n) is 19.0. The largest absolute Gasteiger partial charge is 0.351 e. The minimum Gasteiger partial charge on any atom is -0.351 e. The van der Waals surface area contributed by atoms with Gasteiger partial charge >= 0.3 is 0 Å². The van der Waals surface area contributed by atoms with Crippen molar-refractivity contribution < 1.29 is 18.0 Å². The number of amides is 2. The number of hydrogen-bond acceptors (Lipinski definition) is 7. The van der Waals surface area contributed by atoms with Gasteiger partial charge in [0.25, 0.3) is 10.0 Å². The predicted molar refractivity (Wildman–Crippen MR) is 141 cm³/mol. The van der Waals surface area contributed by atoms with Crippen molar-refractivity contribution in [1.29, 1.82) is 0 Å². The van der Waals surface area contributed by atoms with Gasteiger partial charge in [0.15, 0.2) is 0 Å². The maximum absolute atomic E-state index is 13.2. The topological polar surface area (TPSA) is 103 Å². The highest BCUT2D eigenvalue weighted by molar-refractivity contribution is 8.15. The number of nitrogens with zero attached hydrogens (tertiary/aromatic N) is 3. The molecule has 1 unspecified atom stereocenters. The maximum Gasteiger partial charge on any atom is 0.273 e. The first-order chi connectivity index (χ1) is 16.7. The van der Waals surface area contributed by atoms with Crippen LogP contribution in [0.3, 0.4) is 0 Å². The summed E-state index contributed by atoms with van der Waals surface area (Å²) in [6.07, 6.45) is 1.29. The molecule has 1 saturated heterocycles. The van der Waals surface area contributed by atoms with Gasteiger partial charge in [0.1, 0.15) is 5.04 Å². The number of likely N-dealkylation sites (tertiary alicyclic amines) is 1. The molecule has 0 spiro atoms. The molecule has 5 rings (SSSR count). The number of aliphatic imine (C=N–C) groups is 1. The highest BCUT2D eigenvalue weighted by atomic mass is 32.3. The van der Waals surface area contributed by atoms with Crippen LogP contribution in [0, 0.1) is 6.92 Å². The lowest BCUT2D eigenvalue weighted by Gasteiger charge is -2.19. The van der Waals surface area contributed by atoms with E-state index in [-0.39, 0.29) is 22.0 Å². The number of nitrogens with one attached hydrogen (secondary N) is 1. The molecule has 182 valence electrons. The summed E-state index contributed by atoms with van der Waals surface area (Å²) in [5.74, 6) is -0.196. The number of aryl methyl sites for hydroxylation is 1. The van der Waals surface area contributed by atoms with Gasteiger partial charge in [-0.05, 0) is 56.0 Å². The van der Waals surface area contributed by atoms with Gasteiger partial charge in [-0.15, -0.1) is 0 Å². The van der Waals surface area contributed by atoms with Gasteiger partial charge in [0.05, 0.1) is 28.3 Å². The van der Waals surface area contributed by atoms with E-state index >= 15 is 0 Å². The number of thiol groups is 1. The Labute approximate surface area is 213 Å². The van der Waals surface area contributed by atoms with Gasteiger partial charge in [-0.2, -0.15) is 0 Å². The molecule has 1 aromatic heterocycles. The summed E-state index contributed by atoms with van der Waals surface area (Å²) in [4.78, 5) is 33.2. The summed E-state index contributed by atoms with van der Waals surface area (Å²) >= 11 is 5.97. The van der Waals surface area contributed by atoms with Gasteiger partial charge in [-0.1, -0.05) is 36.0 Å². The van der Waals surface area contributed by atoms with E-state index in [4.69, 9.17) is 0 Å². The average molecular weight is 529 g/mol. The SMILES string of the molecule is Cc1cccc(S(=O)(=O)N(S)c2cccc3cc(C4=NCC(CCN5C(=O)CCC5=O)S4)[nH]c23)c1. The second kappa shape index (κ2) is 9.36. The third-order valence-corrected chi connectivity index (χ3v) is 9.78. The number of H-pyrrole nitrogens is 1. The molecule has 3 heterocycles. The minimum absolute atomic E-state index is 0.0980. The van der Waals surface area contributed by atoms with Crippen LogP contribution < -0.4 is 3.71 Å². The van der Waals surface area contributed by atoms with Crippen LogP contribution in [-0.4, -0.2) is 53.5 Å². The van der Waals surface area contributed by atoms with Gasteiger partial charge in [0.2, 0.25) is 11.8 Å². The smallest absolute Gasteiger partial charge is 0.273 e. The molecule has 1 N–H and O–H groups in total. The molecular weight excluding hydrogens is 504 g/mol. The predicted octanol–water partition coefficient (Wildman–Crippen LogP) is 3.92. The number of benzene rings is 2. The van der Waals surface area contributed by atoms with Gasteiger partial charge < -0.3 is 4.98 Å². The Balaban J connectivity index is 1.35. The van der Waals surface area contributed by atoms with Crippen LogP contribution in [0.15, 0.2) is 58.4 Å². The Bertz CT molecular complexity index is 1450. The molecule has 2 aliphatic heterocycles. The fourth-order valence-electron chi connectivity index (χ4n) is 4.28. The van der Waals surface area contributed by atoms with Crippen molar-refractivity contribution in [2.24, 2.45) is 4.99 Å². The number of aromatic amines is 1. The number of anilines is 1. The Hall–Kier alpha value is -2.76. The Morgan fingerprint density at radius 1 is 1.14 bits per heavy atom. The fourth-order valence-corrected chi connectivity index (χ4v) is 7.00. The second-order valence-electron chi connectivity index (χ2n) is 8.60. The molecule has 0 bridgehead atoms. The number of fused-ring (bicyclic) bond motifs is 1. The first-order valence-electron chi connectivity index (χ1n) is 11.2. The van der Waals surface area contributed by atoms with Crippen LogP contribution in [0.5, 0.6) is 0 Å². The zero-order valence-corrected chi connectivity index (χ0v) is 21.5. The normalized spacial score (nSPS) is 18.5. The number of carbonyl (C=O) groups excluding carboxylic acids is 2. The number of rotatable bonds is 7. The molecule has 1 atom stereocenters. The van der Waals surface area contributed by atoms with Crippen molar-refractivity contribution >= 4 is 68.0 Å². The lowest BCUT2D eigenvalue weighted by Crippen LogP contribution is -2.31. The van der Waals surface area contributed by atoms with E-state index in [9.17, 15) is 18.0 Å². The van der Waals surface area contributed by atoms with E-state index in [1.165, 1.54) is 4.90 Å². The summed E-state index contributed by atoms with van der Waals surface area (Å²) in [5, 5.41) is 1.83. The van der Waals surface area contributed by atoms with Crippen LogP contribution in [0.25, 0.3) is 10.9 Å². The molecule has 2 aromatic carbocycles. The number of carbonyl (C=O) groups is 2. The number of imide groups is 1. The third kappa shape index (κ3) is 4.60. The quantitative estimate of drug-likeness (QED) is 0.358. The average Bonchev–Trinajstić information content (AvgIpc) is 3.56. The summed E-state index contributed by atoms with van der Waals surface area (Å²) in [5.41, 5.74) is 2.71.